The van der Waals surface area contributed by atoms with E-state index in [1.807, 2.05) is 19.1 Å². The fraction of sp³-hybridized carbons (Fsp3) is 0.684. The van der Waals surface area contributed by atoms with Gasteiger partial charge in [0.2, 0.25) is 15.9 Å². The van der Waals surface area contributed by atoms with Crippen LogP contribution in [0.3, 0.4) is 0 Å². The Hall–Kier alpha value is -1.67. The molecule has 0 saturated carbocycles. The SMILES string of the molecule is CCCS(=O)(=O)N1CCCCC1C(=O)NCc1ccnc(N2CCCC2)c1. The number of rotatable bonds is 7. The summed E-state index contributed by atoms with van der Waals surface area (Å²) in [6.45, 7) is 4.72. The molecule has 3 rings (SSSR count). The minimum Gasteiger partial charge on any atom is -0.357 e. The van der Waals surface area contributed by atoms with E-state index in [0.29, 0.717) is 25.9 Å². The lowest BCUT2D eigenvalue weighted by Crippen LogP contribution is -2.52. The van der Waals surface area contributed by atoms with E-state index in [1.54, 1.807) is 6.20 Å². The van der Waals surface area contributed by atoms with Gasteiger partial charge in [0.05, 0.1) is 5.75 Å². The summed E-state index contributed by atoms with van der Waals surface area (Å²) < 4.78 is 26.4. The quantitative estimate of drug-likeness (QED) is 0.764. The Morgan fingerprint density at radius 3 is 2.70 bits per heavy atom. The van der Waals surface area contributed by atoms with E-state index in [1.165, 1.54) is 17.1 Å². The van der Waals surface area contributed by atoms with Gasteiger partial charge in [-0.05, 0) is 49.8 Å². The number of piperidine rings is 1. The Bertz CT molecular complexity index is 747. The van der Waals surface area contributed by atoms with Gasteiger partial charge in [-0.25, -0.2) is 13.4 Å². The number of hydrogen-bond acceptors (Lipinski definition) is 5. The molecule has 8 heteroatoms. The minimum absolute atomic E-state index is 0.0975. The maximum Gasteiger partial charge on any atom is 0.238 e. The molecular weight excluding hydrogens is 364 g/mol. The van der Waals surface area contributed by atoms with E-state index in [0.717, 1.165) is 37.3 Å². The number of carbonyl (C=O) groups excluding carboxylic acids is 1. The number of aromatic nitrogens is 1. The van der Waals surface area contributed by atoms with Gasteiger partial charge in [0, 0.05) is 32.4 Å². The minimum atomic E-state index is -3.37. The largest absolute Gasteiger partial charge is 0.357 e. The van der Waals surface area contributed by atoms with Gasteiger partial charge in [0.1, 0.15) is 11.9 Å². The fourth-order valence-electron chi connectivity index (χ4n) is 3.87. The number of pyridine rings is 1. The van der Waals surface area contributed by atoms with E-state index in [9.17, 15) is 13.2 Å². The van der Waals surface area contributed by atoms with Crippen molar-refractivity contribution < 1.29 is 13.2 Å². The first kappa shape index (κ1) is 20.1. The molecule has 2 aliphatic heterocycles. The standard InChI is InChI=1S/C19H30N4O3S/c1-2-13-27(25,26)23-12-4-3-7-17(23)19(24)21-15-16-8-9-20-18(14-16)22-10-5-6-11-22/h8-9,14,17H,2-7,10-13,15H2,1H3,(H,21,24). The second-order valence-corrected chi connectivity index (χ2v) is 9.41. The summed E-state index contributed by atoms with van der Waals surface area (Å²) in [5.41, 5.74) is 0.985. The third kappa shape index (κ3) is 4.99. The number of nitrogens with zero attached hydrogens (tertiary/aromatic N) is 3. The monoisotopic (exact) mass is 394 g/mol. The van der Waals surface area contributed by atoms with Crippen LogP contribution >= 0.6 is 0 Å². The number of hydrogen-bond donors (Lipinski definition) is 1. The van der Waals surface area contributed by atoms with Crippen LogP contribution in [0.1, 0.15) is 51.0 Å². The molecule has 27 heavy (non-hydrogen) atoms. The van der Waals surface area contributed by atoms with Gasteiger partial charge in [-0.1, -0.05) is 13.3 Å². The van der Waals surface area contributed by atoms with Gasteiger partial charge in [0.25, 0.3) is 0 Å². The lowest BCUT2D eigenvalue weighted by molar-refractivity contribution is -0.125. The van der Waals surface area contributed by atoms with Crippen molar-refractivity contribution in [2.24, 2.45) is 0 Å². The van der Waals surface area contributed by atoms with Crippen LogP contribution in [0.15, 0.2) is 18.3 Å². The summed E-state index contributed by atoms with van der Waals surface area (Å²) in [4.78, 5) is 19.4. The molecule has 0 spiro atoms. The lowest BCUT2D eigenvalue weighted by Gasteiger charge is -2.33. The number of carbonyl (C=O) groups is 1. The first-order chi connectivity index (χ1) is 13.0. The Kier molecular flexibility index (Phi) is 6.70. The maximum atomic E-state index is 12.7. The van der Waals surface area contributed by atoms with Crippen LogP contribution in [0.5, 0.6) is 0 Å². The Morgan fingerprint density at radius 1 is 1.22 bits per heavy atom. The molecule has 1 N–H and O–H groups in total. The lowest BCUT2D eigenvalue weighted by atomic mass is 10.0. The van der Waals surface area contributed by atoms with E-state index in [-0.39, 0.29) is 11.7 Å². The Morgan fingerprint density at radius 2 is 1.96 bits per heavy atom. The molecule has 3 heterocycles. The molecular formula is C19H30N4O3S. The van der Waals surface area contributed by atoms with Gasteiger partial charge in [0.15, 0.2) is 0 Å². The smallest absolute Gasteiger partial charge is 0.238 e. The predicted octanol–water partition coefficient (Wildman–Crippen LogP) is 1.89. The zero-order chi connectivity index (χ0) is 19.3. The van der Waals surface area contributed by atoms with Crippen molar-refractivity contribution in [2.75, 3.05) is 30.3 Å². The topological polar surface area (TPSA) is 82.6 Å². The zero-order valence-electron chi connectivity index (χ0n) is 16.1. The molecule has 2 saturated heterocycles. The molecule has 0 bridgehead atoms. The van der Waals surface area contributed by atoms with Crippen molar-refractivity contribution in [1.29, 1.82) is 0 Å². The Labute approximate surface area is 162 Å². The molecule has 1 aromatic rings. The van der Waals surface area contributed by atoms with Crippen molar-refractivity contribution in [3.8, 4) is 0 Å². The molecule has 1 unspecified atom stereocenters. The van der Waals surface area contributed by atoms with Crippen LogP contribution in [0.2, 0.25) is 0 Å². The van der Waals surface area contributed by atoms with Crippen LogP contribution in [0.25, 0.3) is 0 Å². The van der Waals surface area contributed by atoms with Crippen LogP contribution in [0.4, 0.5) is 5.82 Å². The second kappa shape index (κ2) is 9.01. The van der Waals surface area contributed by atoms with Gasteiger partial charge in [-0.2, -0.15) is 4.31 Å². The maximum absolute atomic E-state index is 12.7. The highest BCUT2D eigenvalue weighted by atomic mass is 32.2. The van der Waals surface area contributed by atoms with Crippen molar-refractivity contribution in [3.63, 3.8) is 0 Å². The van der Waals surface area contributed by atoms with Crippen molar-refractivity contribution in [1.82, 2.24) is 14.6 Å². The van der Waals surface area contributed by atoms with Crippen LogP contribution in [-0.2, 0) is 21.4 Å². The highest BCUT2D eigenvalue weighted by Crippen LogP contribution is 2.22. The number of nitrogens with one attached hydrogen (secondary N) is 1. The molecule has 1 aromatic heterocycles. The van der Waals surface area contributed by atoms with Gasteiger partial charge in [-0.3, -0.25) is 4.79 Å². The van der Waals surface area contributed by atoms with Crippen LogP contribution < -0.4 is 10.2 Å². The highest BCUT2D eigenvalue weighted by Gasteiger charge is 2.35. The van der Waals surface area contributed by atoms with Crippen LogP contribution in [-0.4, -0.2) is 55.0 Å². The first-order valence-electron chi connectivity index (χ1n) is 9.98. The van der Waals surface area contributed by atoms with E-state index >= 15 is 0 Å². The van der Waals surface area contributed by atoms with Crippen molar-refractivity contribution in [3.05, 3.63) is 23.9 Å². The highest BCUT2D eigenvalue weighted by molar-refractivity contribution is 7.89. The van der Waals surface area contributed by atoms with Crippen molar-refractivity contribution in [2.45, 2.75) is 58.0 Å². The van der Waals surface area contributed by atoms with Crippen LogP contribution in [0, 0.1) is 0 Å². The molecule has 2 fully saturated rings. The van der Waals surface area contributed by atoms with E-state index < -0.39 is 16.1 Å². The summed E-state index contributed by atoms with van der Waals surface area (Å²) in [6, 6.07) is 3.32. The summed E-state index contributed by atoms with van der Waals surface area (Å²) in [7, 11) is -3.37. The average molecular weight is 395 g/mol. The number of amides is 1. The molecule has 1 amide bonds. The number of sulfonamides is 1. The van der Waals surface area contributed by atoms with Gasteiger partial charge in [-0.15, -0.1) is 0 Å². The fourth-order valence-corrected chi connectivity index (χ4v) is 5.62. The third-order valence-corrected chi connectivity index (χ3v) is 7.36. The summed E-state index contributed by atoms with van der Waals surface area (Å²) in [5, 5.41) is 2.94. The Balaban J connectivity index is 1.63. The average Bonchev–Trinajstić information content (AvgIpc) is 3.21. The normalized spacial score (nSPS) is 21.4. The molecule has 150 valence electrons. The number of anilines is 1. The molecule has 7 nitrogen and oxygen atoms in total. The summed E-state index contributed by atoms with van der Waals surface area (Å²) >= 11 is 0. The van der Waals surface area contributed by atoms with E-state index in [4.69, 9.17) is 0 Å². The van der Waals surface area contributed by atoms with Gasteiger partial charge < -0.3 is 10.2 Å². The molecule has 0 aliphatic carbocycles. The zero-order valence-corrected chi connectivity index (χ0v) is 16.9. The predicted molar refractivity (Wildman–Crippen MR) is 106 cm³/mol. The molecule has 2 aliphatic rings. The molecule has 0 radical (unpaired) electrons. The third-order valence-electron chi connectivity index (χ3n) is 5.28. The molecule has 0 aromatic carbocycles. The summed E-state index contributed by atoms with van der Waals surface area (Å²) in [5.74, 6) is 0.846. The van der Waals surface area contributed by atoms with Gasteiger partial charge >= 0.3 is 0 Å². The van der Waals surface area contributed by atoms with E-state index in [2.05, 4.69) is 15.2 Å². The summed E-state index contributed by atoms with van der Waals surface area (Å²) in [6.07, 6.45) is 6.99. The first-order valence-corrected chi connectivity index (χ1v) is 11.6. The second-order valence-electron chi connectivity index (χ2n) is 7.37. The molecule has 1 atom stereocenters. The van der Waals surface area contributed by atoms with Crippen molar-refractivity contribution >= 4 is 21.7 Å².